The summed E-state index contributed by atoms with van der Waals surface area (Å²) in [5, 5.41) is 4.69. The Kier molecular flexibility index (Phi) is 6.71. The van der Waals surface area contributed by atoms with Crippen molar-refractivity contribution < 1.29 is 23.9 Å². The van der Waals surface area contributed by atoms with Gasteiger partial charge in [-0.2, -0.15) is 0 Å². The molecule has 2 atom stereocenters. The molecule has 1 saturated heterocycles. The first kappa shape index (κ1) is 19.4. The molecule has 0 unspecified atom stereocenters. The summed E-state index contributed by atoms with van der Waals surface area (Å²) in [6, 6.07) is 9.42. The van der Waals surface area contributed by atoms with Crippen molar-refractivity contribution in [2.75, 3.05) is 26.7 Å². The summed E-state index contributed by atoms with van der Waals surface area (Å²) in [6.07, 6.45) is 0.0653. The molecule has 0 saturated carbocycles. The van der Waals surface area contributed by atoms with E-state index < -0.39 is 24.4 Å². The standard InChI is InChI=1S/C18H23N3O5/c1-12(13-6-4-3-5-7-13)21-10-14(8-17(21)24)18(25)26-11-16(23)20-9-15(22)19-2/h3-7,12,14H,8-11H2,1-2H3,(H,19,22)(H,20,23)/t12-,14-/m1/s1. The van der Waals surface area contributed by atoms with E-state index in [1.165, 1.54) is 7.05 Å². The number of benzene rings is 1. The van der Waals surface area contributed by atoms with Crippen LogP contribution < -0.4 is 10.6 Å². The summed E-state index contributed by atoms with van der Waals surface area (Å²) in [5.41, 5.74) is 0.989. The fraction of sp³-hybridized carbons (Fsp3) is 0.444. The number of ether oxygens (including phenoxy) is 1. The van der Waals surface area contributed by atoms with E-state index in [0.717, 1.165) is 5.56 Å². The third-order valence-electron chi connectivity index (χ3n) is 4.31. The SMILES string of the molecule is CNC(=O)CNC(=O)COC(=O)[C@@H]1CC(=O)N([C@H](C)c2ccccc2)C1. The van der Waals surface area contributed by atoms with E-state index in [1.54, 1.807) is 4.90 Å². The topological polar surface area (TPSA) is 105 Å². The van der Waals surface area contributed by atoms with Crippen LogP contribution in [-0.2, 0) is 23.9 Å². The van der Waals surface area contributed by atoms with Gasteiger partial charge in [-0.25, -0.2) is 0 Å². The van der Waals surface area contributed by atoms with Crippen LogP contribution in [0.1, 0.15) is 24.9 Å². The van der Waals surface area contributed by atoms with Gasteiger partial charge in [0.05, 0.1) is 18.5 Å². The Hall–Kier alpha value is -2.90. The number of rotatable bonds is 7. The highest BCUT2D eigenvalue weighted by Gasteiger charge is 2.38. The third kappa shape index (κ3) is 5.05. The first-order valence-electron chi connectivity index (χ1n) is 8.40. The number of hydrogen-bond donors (Lipinski definition) is 2. The third-order valence-corrected chi connectivity index (χ3v) is 4.31. The van der Waals surface area contributed by atoms with Crippen LogP contribution in [-0.4, -0.2) is 55.3 Å². The molecule has 0 aliphatic carbocycles. The predicted octanol–water partition coefficient (Wildman–Crippen LogP) is 0.00150. The van der Waals surface area contributed by atoms with Gasteiger partial charge in [-0.15, -0.1) is 0 Å². The molecule has 0 bridgehead atoms. The zero-order valence-corrected chi connectivity index (χ0v) is 14.9. The predicted molar refractivity (Wildman–Crippen MR) is 92.7 cm³/mol. The Labute approximate surface area is 151 Å². The fourth-order valence-corrected chi connectivity index (χ4v) is 2.75. The van der Waals surface area contributed by atoms with Crippen molar-refractivity contribution in [1.82, 2.24) is 15.5 Å². The minimum absolute atomic E-state index is 0.0653. The molecule has 8 nitrogen and oxygen atoms in total. The molecule has 1 aliphatic heterocycles. The van der Waals surface area contributed by atoms with Gasteiger partial charge in [-0.3, -0.25) is 19.2 Å². The van der Waals surface area contributed by atoms with Gasteiger partial charge in [0.1, 0.15) is 0 Å². The maximum atomic E-state index is 12.2. The summed E-state index contributed by atoms with van der Waals surface area (Å²) in [5.74, 6) is -2.22. The molecule has 8 heteroatoms. The van der Waals surface area contributed by atoms with Gasteiger partial charge in [0.2, 0.25) is 11.8 Å². The van der Waals surface area contributed by atoms with Gasteiger partial charge in [0, 0.05) is 20.0 Å². The second kappa shape index (κ2) is 8.98. The molecule has 1 aromatic carbocycles. The maximum Gasteiger partial charge on any atom is 0.311 e. The average molecular weight is 361 g/mol. The summed E-state index contributed by atoms with van der Waals surface area (Å²) in [6.45, 7) is 1.51. The van der Waals surface area contributed by atoms with E-state index in [9.17, 15) is 19.2 Å². The largest absolute Gasteiger partial charge is 0.455 e. The first-order valence-corrected chi connectivity index (χ1v) is 8.40. The second-order valence-electron chi connectivity index (χ2n) is 6.09. The minimum Gasteiger partial charge on any atom is -0.455 e. The summed E-state index contributed by atoms with van der Waals surface area (Å²) in [4.78, 5) is 48.6. The fourth-order valence-electron chi connectivity index (χ4n) is 2.75. The highest BCUT2D eigenvalue weighted by molar-refractivity contribution is 5.89. The Morgan fingerprint density at radius 1 is 1.23 bits per heavy atom. The monoisotopic (exact) mass is 361 g/mol. The number of likely N-dealkylation sites (N-methyl/N-ethyl adjacent to an activating group) is 1. The van der Waals surface area contributed by atoms with Crippen molar-refractivity contribution in [1.29, 1.82) is 0 Å². The number of amides is 3. The van der Waals surface area contributed by atoms with Gasteiger partial charge in [0.15, 0.2) is 6.61 Å². The van der Waals surface area contributed by atoms with Crippen molar-refractivity contribution in [2.24, 2.45) is 5.92 Å². The summed E-state index contributed by atoms with van der Waals surface area (Å²) >= 11 is 0. The molecule has 1 aromatic rings. The Balaban J connectivity index is 1.83. The maximum absolute atomic E-state index is 12.2. The van der Waals surface area contributed by atoms with Crippen LogP contribution in [0.25, 0.3) is 0 Å². The number of carbonyl (C=O) groups is 4. The molecular weight excluding hydrogens is 338 g/mol. The van der Waals surface area contributed by atoms with E-state index in [-0.39, 0.29) is 37.4 Å². The Bertz CT molecular complexity index is 677. The molecule has 1 aliphatic rings. The van der Waals surface area contributed by atoms with Gasteiger partial charge in [0.25, 0.3) is 5.91 Å². The summed E-state index contributed by atoms with van der Waals surface area (Å²) in [7, 11) is 1.45. The van der Waals surface area contributed by atoms with Crippen molar-refractivity contribution >= 4 is 23.7 Å². The number of nitrogens with one attached hydrogen (secondary N) is 2. The molecule has 0 aromatic heterocycles. The average Bonchev–Trinajstić information content (AvgIpc) is 3.05. The molecule has 1 fully saturated rings. The van der Waals surface area contributed by atoms with Gasteiger partial charge in [-0.1, -0.05) is 30.3 Å². The molecule has 2 rings (SSSR count). The minimum atomic E-state index is -0.597. The smallest absolute Gasteiger partial charge is 0.311 e. The van der Waals surface area contributed by atoms with Crippen LogP contribution >= 0.6 is 0 Å². The number of nitrogens with zero attached hydrogens (tertiary/aromatic N) is 1. The van der Waals surface area contributed by atoms with E-state index in [4.69, 9.17) is 4.74 Å². The van der Waals surface area contributed by atoms with E-state index in [1.807, 2.05) is 37.3 Å². The van der Waals surface area contributed by atoms with Crippen molar-refractivity contribution in [3.8, 4) is 0 Å². The van der Waals surface area contributed by atoms with Crippen LogP contribution in [0.4, 0.5) is 0 Å². The number of esters is 1. The normalized spacial score (nSPS) is 17.5. The lowest BCUT2D eigenvalue weighted by atomic mass is 10.1. The number of hydrogen-bond acceptors (Lipinski definition) is 5. The van der Waals surface area contributed by atoms with E-state index in [2.05, 4.69) is 10.6 Å². The van der Waals surface area contributed by atoms with Crippen molar-refractivity contribution in [3.05, 3.63) is 35.9 Å². The molecule has 1 heterocycles. The van der Waals surface area contributed by atoms with Crippen LogP contribution in [0.5, 0.6) is 0 Å². The summed E-state index contributed by atoms with van der Waals surface area (Å²) < 4.78 is 4.97. The molecule has 0 spiro atoms. The molecule has 2 N–H and O–H groups in total. The van der Waals surface area contributed by atoms with Crippen molar-refractivity contribution in [2.45, 2.75) is 19.4 Å². The highest BCUT2D eigenvalue weighted by atomic mass is 16.5. The van der Waals surface area contributed by atoms with Crippen LogP contribution in [0.2, 0.25) is 0 Å². The van der Waals surface area contributed by atoms with Crippen LogP contribution in [0, 0.1) is 5.92 Å². The van der Waals surface area contributed by atoms with E-state index >= 15 is 0 Å². The molecular formula is C18H23N3O5. The highest BCUT2D eigenvalue weighted by Crippen LogP contribution is 2.28. The molecule has 3 amide bonds. The molecule has 26 heavy (non-hydrogen) atoms. The number of carbonyl (C=O) groups excluding carboxylic acids is 4. The first-order chi connectivity index (χ1) is 12.4. The zero-order chi connectivity index (χ0) is 19.1. The molecule has 0 radical (unpaired) electrons. The van der Waals surface area contributed by atoms with Crippen molar-refractivity contribution in [3.63, 3.8) is 0 Å². The van der Waals surface area contributed by atoms with Gasteiger partial charge in [-0.05, 0) is 12.5 Å². The lowest BCUT2D eigenvalue weighted by Crippen LogP contribution is -2.38. The van der Waals surface area contributed by atoms with Gasteiger partial charge < -0.3 is 20.3 Å². The van der Waals surface area contributed by atoms with Crippen LogP contribution in [0.3, 0.4) is 0 Å². The van der Waals surface area contributed by atoms with E-state index in [0.29, 0.717) is 0 Å². The second-order valence-corrected chi connectivity index (χ2v) is 6.09. The van der Waals surface area contributed by atoms with Gasteiger partial charge >= 0.3 is 5.97 Å². The Morgan fingerprint density at radius 3 is 2.58 bits per heavy atom. The zero-order valence-electron chi connectivity index (χ0n) is 14.9. The van der Waals surface area contributed by atoms with Crippen LogP contribution in [0.15, 0.2) is 30.3 Å². The quantitative estimate of drug-likeness (QED) is 0.665. The molecule has 140 valence electrons. The lowest BCUT2D eigenvalue weighted by Gasteiger charge is -2.25. The number of likely N-dealkylation sites (tertiary alicyclic amines) is 1. The Morgan fingerprint density at radius 2 is 1.92 bits per heavy atom. The lowest BCUT2D eigenvalue weighted by molar-refractivity contribution is -0.152.